The zero-order valence-corrected chi connectivity index (χ0v) is 38.9. The smallest absolute Gasteiger partial charge is 0.306 e. The third-order valence-corrected chi connectivity index (χ3v) is 11.1. The fraction of sp³-hybridized carbons (Fsp3) is 0.774. The first-order valence-electron chi connectivity index (χ1n) is 25.1. The Labute approximate surface area is 365 Å². The van der Waals surface area contributed by atoms with Gasteiger partial charge in [-0.1, -0.05) is 216 Å². The summed E-state index contributed by atoms with van der Waals surface area (Å²) in [5.41, 5.74) is 0. The lowest BCUT2D eigenvalue weighted by atomic mass is 10.0. The van der Waals surface area contributed by atoms with E-state index in [0.29, 0.717) is 19.3 Å². The minimum Gasteiger partial charge on any atom is -0.462 e. The summed E-state index contributed by atoms with van der Waals surface area (Å²) in [6.07, 6.45) is 57.1. The van der Waals surface area contributed by atoms with Crippen molar-refractivity contribution in [2.45, 2.75) is 257 Å². The van der Waals surface area contributed by atoms with Gasteiger partial charge in [0.05, 0.1) is 25.2 Å². The van der Waals surface area contributed by atoms with Crippen molar-refractivity contribution < 1.29 is 24.5 Å². The van der Waals surface area contributed by atoms with E-state index >= 15 is 0 Å². The number of carbonyl (C=O) groups excluding carboxylic acids is 2. The van der Waals surface area contributed by atoms with Gasteiger partial charge in [-0.3, -0.25) is 9.59 Å². The molecule has 3 unspecified atom stereocenters. The lowest BCUT2D eigenvalue weighted by Crippen LogP contribution is -2.46. The number of hydrogen-bond acceptors (Lipinski definition) is 5. The summed E-state index contributed by atoms with van der Waals surface area (Å²) >= 11 is 0. The number of aliphatic hydroxyl groups is 2. The second-order valence-corrected chi connectivity index (χ2v) is 17.0. The monoisotopic (exact) mass is 826 g/mol. The molecule has 0 aliphatic carbocycles. The third kappa shape index (κ3) is 42.1. The van der Waals surface area contributed by atoms with Crippen molar-refractivity contribution in [1.29, 1.82) is 0 Å². The quantitative estimate of drug-likeness (QED) is 0.0246. The molecule has 6 nitrogen and oxygen atoms in total. The van der Waals surface area contributed by atoms with E-state index < -0.39 is 18.2 Å². The van der Waals surface area contributed by atoms with Crippen LogP contribution in [0.25, 0.3) is 0 Å². The number of unbranched alkanes of at least 4 members (excludes halogenated alkanes) is 25. The molecule has 0 bridgehead atoms. The van der Waals surface area contributed by atoms with Gasteiger partial charge in [0.2, 0.25) is 5.91 Å². The predicted molar refractivity (Wildman–Crippen MR) is 255 cm³/mol. The Bertz CT molecular complexity index is 1060. The van der Waals surface area contributed by atoms with Crippen LogP contribution in [0.2, 0.25) is 0 Å². The Morgan fingerprint density at radius 2 is 0.915 bits per heavy atom. The van der Waals surface area contributed by atoms with Crippen molar-refractivity contribution in [3.63, 3.8) is 0 Å². The second kappa shape index (κ2) is 46.6. The molecule has 1 amide bonds. The zero-order valence-electron chi connectivity index (χ0n) is 38.9. The minimum absolute atomic E-state index is 0.0549. The van der Waals surface area contributed by atoms with E-state index in [1.807, 2.05) is 0 Å². The molecule has 0 spiro atoms. The van der Waals surface area contributed by atoms with Gasteiger partial charge in [-0.2, -0.15) is 0 Å². The van der Waals surface area contributed by atoms with Crippen LogP contribution >= 0.6 is 0 Å². The third-order valence-electron chi connectivity index (χ3n) is 11.1. The molecule has 0 rings (SSSR count). The number of allylic oxidation sites excluding steroid dienone is 10. The van der Waals surface area contributed by atoms with E-state index in [4.69, 9.17) is 4.74 Å². The molecule has 0 radical (unpaired) electrons. The van der Waals surface area contributed by atoms with Gasteiger partial charge in [0.1, 0.15) is 6.10 Å². The van der Waals surface area contributed by atoms with E-state index in [1.165, 1.54) is 89.9 Å². The topological polar surface area (TPSA) is 95.9 Å². The zero-order chi connectivity index (χ0) is 43.1. The molecule has 0 aliphatic heterocycles. The van der Waals surface area contributed by atoms with Crippen LogP contribution in [-0.4, -0.2) is 46.9 Å². The average Bonchev–Trinajstić information content (AvgIpc) is 3.23. The van der Waals surface area contributed by atoms with Crippen molar-refractivity contribution in [3.8, 4) is 0 Å². The molecule has 342 valence electrons. The van der Waals surface area contributed by atoms with E-state index in [-0.39, 0.29) is 24.9 Å². The van der Waals surface area contributed by atoms with Crippen LogP contribution in [0.4, 0.5) is 0 Å². The molecular formula is C53H95NO5. The predicted octanol–water partition coefficient (Wildman–Crippen LogP) is 14.8. The Kier molecular flexibility index (Phi) is 44.7. The van der Waals surface area contributed by atoms with E-state index in [9.17, 15) is 19.8 Å². The molecule has 0 saturated heterocycles. The molecule has 0 aromatic carbocycles. The molecule has 0 heterocycles. The Morgan fingerprint density at radius 1 is 0.492 bits per heavy atom. The largest absolute Gasteiger partial charge is 0.462 e. The molecule has 3 atom stereocenters. The van der Waals surface area contributed by atoms with Crippen LogP contribution in [0.3, 0.4) is 0 Å². The maximum absolute atomic E-state index is 13.1. The summed E-state index contributed by atoms with van der Waals surface area (Å²) in [5, 5.41) is 23.7. The number of esters is 1. The lowest BCUT2D eigenvalue weighted by Gasteiger charge is -2.24. The number of rotatable bonds is 44. The average molecular weight is 826 g/mol. The number of carbonyl (C=O) groups is 2. The summed E-state index contributed by atoms with van der Waals surface area (Å²) in [6.45, 7) is 6.36. The summed E-state index contributed by atoms with van der Waals surface area (Å²) in [6, 6.07) is -0.711. The SMILES string of the molecule is CCC/C=C\CCCCCC(CC(=O)NC(CO)C(O)CCCCCCCCCCCCCCCC)OC(=O)CCCCCCC/C=C/C=C/C=C/C=C/CCCCC. The summed E-state index contributed by atoms with van der Waals surface area (Å²) in [7, 11) is 0. The van der Waals surface area contributed by atoms with Crippen LogP contribution in [-0.2, 0) is 14.3 Å². The molecule has 59 heavy (non-hydrogen) atoms. The number of hydrogen-bond donors (Lipinski definition) is 3. The van der Waals surface area contributed by atoms with Gasteiger partial charge in [-0.05, 0) is 70.6 Å². The molecule has 0 saturated carbocycles. The van der Waals surface area contributed by atoms with E-state index in [1.54, 1.807) is 0 Å². The highest BCUT2D eigenvalue weighted by atomic mass is 16.5. The molecule has 6 heteroatoms. The lowest BCUT2D eigenvalue weighted by molar-refractivity contribution is -0.151. The van der Waals surface area contributed by atoms with Crippen LogP contribution in [0.1, 0.15) is 239 Å². The van der Waals surface area contributed by atoms with Crippen LogP contribution < -0.4 is 5.32 Å². The van der Waals surface area contributed by atoms with Crippen LogP contribution in [0.5, 0.6) is 0 Å². The highest BCUT2D eigenvalue weighted by molar-refractivity contribution is 5.77. The van der Waals surface area contributed by atoms with Gasteiger partial charge in [0.25, 0.3) is 0 Å². The van der Waals surface area contributed by atoms with Gasteiger partial charge in [-0.15, -0.1) is 0 Å². The van der Waals surface area contributed by atoms with Crippen LogP contribution in [0, 0.1) is 0 Å². The van der Waals surface area contributed by atoms with Crippen molar-refractivity contribution in [2.24, 2.45) is 0 Å². The first-order chi connectivity index (χ1) is 29.0. The Balaban J connectivity index is 4.48. The summed E-state index contributed by atoms with van der Waals surface area (Å²) in [4.78, 5) is 26.0. The molecule has 0 aromatic heterocycles. The molecular weight excluding hydrogens is 731 g/mol. The maximum atomic E-state index is 13.1. The van der Waals surface area contributed by atoms with Crippen molar-refractivity contribution in [1.82, 2.24) is 5.32 Å². The molecule has 0 aliphatic rings. The molecule has 3 N–H and O–H groups in total. The number of amides is 1. The Hall–Kier alpha value is -2.44. The first-order valence-corrected chi connectivity index (χ1v) is 25.1. The summed E-state index contributed by atoms with van der Waals surface area (Å²) < 4.78 is 5.88. The van der Waals surface area contributed by atoms with Crippen LogP contribution in [0.15, 0.2) is 60.8 Å². The normalized spacial score (nSPS) is 13.8. The minimum atomic E-state index is -0.796. The van der Waals surface area contributed by atoms with Gasteiger partial charge in [0.15, 0.2) is 0 Å². The highest BCUT2D eigenvalue weighted by Crippen LogP contribution is 2.17. The summed E-state index contributed by atoms with van der Waals surface area (Å²) in [5.74, 6) is -0.520. The van der Waals surface area contributed by atoms with Crippen molar-refractivity contribution in [2.75, 3.05) is 6.61 Å². The van der Waals surface area contributed by atoms with Gasteiger partial charge < -0.3 is 20.3 Å². The second-order valence-electron chi connectivity index (χ2n) is 17.0. The van der Waals surface area contributed by atoms with Crippen molar-refractivity contribution in [3.05, 3.63) is 60.8 Å². The van der Waals surface area contributed by atoms with Crippen molar-refractivity contribution >= 4 is 11.9 Å². The molecule has 0 aromatic rings. The van der Waals surface area contributed by atoms with E-state index in [0.717, 1.165) is 103 Å². The maximum Gasteiger partial charge on any atom is 0.306 e. The highest BCUT2D eigenvalue weighted by Gasteiger charge is 2.24. The van der Waals surface area contributed by atoms with E-state index in [2.05, 4.69) is 86.8 Å². The fourth-order valence-electron chi connectivity index (χ4n) is 7.33. The molecule has 0 fully saturated rings. The van der Waals surface area contributed by atoms with Gasteiger partial charge in [-0.25, -0.2) is 0 Å². The number of ether oxygens (including phenoxy) is 1. The fourth-order valence-corrected chi connectivity index (χ4v) is 7.33. The van der Waals surface area contributed by atoms with Gasteiger partial charge in [0, 0.05) is 6.42 Å². The first kappa shape index (κ1) is 56.6. The Morgan fingerprint density at radius 3 is 1.47 bits per heavy atom. The number of aliphatic hydroxyl groups excluding tert-OH is 2. The standard InChI is InChI=1S/C53H95NO5/c1-4-7-10-13-16-19-21-23-25-26-27-28-30-32-34-37-40-43-46-53(58)59-49(44-41-38-35-18-15-12-9-6-3)47-52(57)54-50(48-55)51(56)45-42-39-36-33-31-29-24-22-20-17-14-11-8-5-2/h12,15-16,19,21,23,25-28,49-51,55-56H,4-11,13-14,17-18,20,22,24,29-48H2,1-3H3,(H,54,57)/b15-12-,19-16+,23-21+,26-25+,28-27+. The van der Waals surface area contributed by atoms with Gasteiger partial charge >= 0.3 is 5.97 Å². The number of nitrogens with one attached hydrogen (secondary N) is 1.